The molecule has 0 atom stereocenters. The first kappa shape index (κ1) is 21.7. The molecule has 0 bridgehead atoms. The highest BCUT2D eigenvalue weighted by Gasteiger charge is 2.25. The molecule has 2 aromatic carbocycles. The Balaban J connectivity index is 1.60. The summed E-state index contributed by atoms with van der Waals surface area (Å²) < 4.78 is 18.4. The Morgan fingerprint density at radius 2 is 1.88 bits per heavy atom. The van der Waals surface area contributed by atoms with E-state index in [-0.39, 0.29) is 17.8 Å². The van der Waals surface area contributed by atoms with Crippen LogP contribution in [0.3, 0.4) is 0 Å². The van der Waals surface area contributed by atoms with Gasteiger partial charge in [0.1, 0.15) is 6.10 Å². The summed E-state index contributed by atoms with van der Waals surface area (Å²) in [7, 11) is 1.38. The van der Waals surface area contributed by atoms with Crippen molar-refractivity contribution in [3.63, 3.8) is 0 Å². The van der Waals surface area contributed by atoms with Crippen LogP contribution in [0.15, 0.2) is 53.6 Å². The summed E-state index contributed by atoms with van der Waals surface area (Å²) in [6.45, 7) is 3.92. The van der Waals surface area contributed by atoms with Gasteiger partial charge in [-0.1, -0.05) is 30.3 Å². The van der Waals surface area contributed by atoms with E-state index >= 15 is 0 Å². The number of rotatable bonds is 6. The molecule has 0 aliphatic carbocycles. The SMILES string of the molecule is CCOc1cc2ncn(Cc3ccccc3)c(=O)c2cc1OC1CCN(C(=O)OC)CC1. The maximum absolute atomic E-state index is 13.2. The molecule has 1 aliphatic rings. The number of benzene rings is 2. The Morgan fingerprint density at radius 3 is 2.56 bits per heavy atom. The lowest BCUT2D eigenvalue weighted by Gasteiger charge is -2.31. The van der Waals surface area contributed by atoms with Gasteiger partial charge in [0.05, 0.1) is 37.5 Å². The van der Waals surface area contributed by atoms with Crippen LogP contribution in [0, 0.1) is 0 Å². The van der Waals surface area contributed by atoms with Crippen LogP contribution in [0.25, 0.3) is 10.9 Å². The van der Waals surface area contributed by atoms with Gasteiger partial charge in [0.25, 0.3) is 5.56 Å². The van der Waals surface area contributed by atoms with Crippen LogP contribution in [0.2, 0.25) is 0 Å². The maximum Gasteiger partial charge on any atom is 0.409 e. The van der Waals surface area contributed by atoms with E-state index < -0.39 is 0 Å². The molecule has 168 valence electrons. The van der Waals surface area contributed by atoms with Crippen LogP contribution in [0.5, 0.6) is 11.5 Å². The number of carbonyl (C=O) groups is 1. The van der Waals surface area contributed by atoms with Crippen LogP contribution in [-0.4, -0.2) is 53.5 Å². The van der Waals surface area contributed by atoms with Crippen molar-refractivity contribution in [3.8, 4) is 11.5 Å². The molecule has 1 aromatic heterocycles. The van der Waals surface area contributed by atoms with Crippen molar-refractivity contribution >= 4 is 17.0 Å². The second-order valence-corrected chi connectivity index (χ2v) is 7.69. The second kappa shape index (κ2) is 9.72. The monoisotopic (exact) mass is 437 g/mol. The van der Waals surface area contributed by atoms with Crippen molar-refractivity contribution < 1.29 is 19.0 Å². The van der Waals surface area contributed by atoms with Crippen LogP contribution in [-0.2, 0) is 11.3 Å². The second-order valence-electron chi connectivity index (χ2n) is 7.69. The minimum atomic E-state index is -0.325. The van der Waals surface area contributed by atoms with Crippen LogP contribution in [0.1, 0.15) is 25.3 Å². The largest absolute Gasteiger partial charge is 0.490 e. The fourth-order valence-electron chi connectivity index (χ4n) is 3.88. The summed E-state index contributed by atoms with van der Waals surface area (Å²) in [6, 6.07) is 13.3. The maximum atomic E-state index is 13.2. The average Bonchev–Trinajstić information content (AvgIpc) is 2.82. The lowest BCUT2D eigenvalue weighted by Crippen LogP contribution is -2.41. The minimum Gasteiger partial charge on any atom is -0.490 e. The molecule has 8 heteroatoms. The number of aromatic nitrogens is 2. The Morgan fingerprint density at radius 1 is 1.12 bits per heavy atom. The van der Waals surface area contributed by atoms with Crippen molar-refractivity contribution in [3.05, 3.63) is 64.7 Å². The summed E-state index contributed by atoms with van der Waals surface area (Å²) >= 11 is 0. The number of hydrogen-bond donors (Lipinski definition) is 0. The van der Waals surface area contributed by atoms with Gasteiger partial charge in [-0.05, 0) is 18.6 Å². The first-order valence-electron chi connectivity index (χ1n) is 10.8. The fraction of sp³-hybridized carbons (Fsp3) is 0.375. The number of fused-ring (bicyclic) bond motifs is 1. The molecule has 8 nitrogen and oxygen atoms in total. The Kier molecular flexibility index (Phi) is 6.58. The number of nitrogens with zero attached hydrogens (tertiary/aromatic N) is 3. The van der Waals surface area contributed by atoms with Gasteiger partial charge in [0.2, 0.25) is 0 Å². The molecular formula is C24H27N3O5. The third-order valence-electron chi connectivity index (χ3n) is 5.55. The van der Waals surface area contributed by atoms with Gasteiger partial charge in [-0.25, -0.2) is 9.78 Å². The van der Waals surface area contributed by atoms with E-state index in [1.807, 2.05) is 37.3 Å². The molecule has 0 unspecified atom stereocenters. The molecule has 32 heavy (non-hydrogen) atoms. The number of hydrogen-bond acceptors (Lipinski definition) is 6. The number of carbonyl (C=O) groups excluding carboxylic acids is 1. The van der Waals surface area contributed by atoms with Crippen molar-refractivity contribution in [2.45, 2.75) is 32.4 Å². The van der Waals surface area contributed by atoms with Crippen molar-refractivity contribution in [2.75, 3.05) is 26.8 Å². The number of piperidine rings is 1. The summed E-state index contributed by atoms with van der Waals surface area (Å²) in [5.74, 6) is 1.08. The van der Waals surface area contributed by atoms with E-state index in [0.29, 0.717) is 61.5 Å². The lowest BCUT2D eigenvalue weighted by atomic mass is 10.1. The quantitative estimate of drug-likeness (QED) is 0.587. The molecule has 3 aromatic rings. The molecular weight excluding hydrogens is 410 g/mol. The molecule has 0 spiro atoms. The van der Waals surface area contributed by atoms with Crippen LogP contribution >= 0.6 is 0 Å². The summed E-state index contributed by atoms with van der Waals surface area (Å²) in [4.78, 5) is 31.0. The summed E-state index contributed by atoms with van der Waals surface area (Å²) in [5.41, 5.74) is 1.46. The molecule has 1 saturated heterocycles. The first-order chi connectivity index (χ1) is 15.6. The van der Waals surface area contributed by atoms with E-state index in [9.17, 15) is 9.59 Å². The third-order valence-corrected chi connectivity index (χ3v) is 5.55. The highest BCUT2D eigenvalue weighted by molar-refractivity contribution is 5.81. The minimum absolute atomic E-state index is 0.0872. The first-order valence-corrected chi connectivity index (χ1v) is 10.8. The predicted octanol–water partition coefficient (Wildman–Crippen LogP) is 3.45. The molecule has 0 saturated carbocycles. The van der Waals surface area contributed by atoms with Crippen molar-refractivity contribution in [1.82, 2.24) is 14.5 Å². The Labute approximate surface area is 186 Å². The average molecular weight is 437 g/mol. The molecule has 4 rings (SSSR count). The molecule has 1 amide bonds. The van der Waals surface area contributed by atoms with E-state index in [1.54, 1.807) is 27.9 Å². The smallest absolute Gasteiger partial charge is 0.409 e. The lowest BCUT2D eigenvalue weighted by molar-refractivity contribution is 0.0776. The topological polar surface area (TPSA) is 82.9 Å². The van der Waals surface area contributed by atoms with Gasteiger partial charge in [0.15, 0.2) is 11.5 Å². The van der Waals surface area contributed by atoms with Gasteiger partial charge in [-0.15, -0.1) is 0 Å². The number of amides is 1. The standard InChI is InChI=1S/C24H27N3O5/c1-3-31-21-14-20-19(23(28)27(16-25-20)15-17-7-5-4-6-8-17)13-22(21)32-18-9-11-26(12-10-18)24(29)30-2/h4-8,13-14,16,18H,3,9-12,15H2,1-2H3. The van der Waals surface area contributed by atoms with Gasteiger partial charge < -0.3 is 19.1 Å². The third kappa shape index (κ3) is 4.69. The normalized spacial score (nSPS) is 14.4. The zero-order valence-electron chi connectivity index (χ0n) is 18.3. The zero-order chi connectivity index (χ0) is 22.5. The summed E-state index contributed by atoms with van der Waals surface area (Å²) in [6.07, 6.45) is 2.50. The fourth-order valence-corrected chi connectivity index (χ4v) is 3.88. The van der Waals surface area contributed by atoms with E-state index in [1.165, 1.54) is 7.11 Å². The van der Waals surface area contributed by atoms with Crippen LogP contribution < -0.4 is 15.0 Å². The van der Waals surface area contributed by atoms with E-state index in [2.05, 4.69) is 4.98 Å². The molecule has 2 heterocycles. The van der Waals surface area contributed by atoms with Gasteiger partial charge in [-0.3, -0.25) is 9.36 Å². The Hall–Kier alpha value is -3.55. The van der Waals surface area contributed by atoms with Gasteiger partial charge in [-0.2, -0.15) is 0 Å². The van der Waals surface area contributed by atoms with Gasteiger partial charge in [0, 0.05) is 32.0 Å². The predicted molar refractivity (Wildman–Crippen MR) is 120 cm³/mol. The van der Waals surface area contributed by atoms with Crippen LogP contribution in [0.4, 0.5) is 4.79 Å². The zero-order valence-corrected chi connectivity index (χ0v) is 18.3. The molecule has 0 radical (unpaired) electrons. The Bertz CT molecular complexity index is 1140. The van der Waals surface area contributed by atoms with Crippen molar-refractivity contribution in [2.24, 2.45) is 0 Å². The number of methoxy groups -OCH3 is 1. The van der Waals surface area contributed by atoms with Gasteiger partial charge >= 0.3 is 6.09 Å². The number of ether oxygens (including phenoxy) is 3. The molecule has 0 N–H and O–H groups in total. The van der Waals surface area contributed by atoms with Crippen molar-refractivity contribution in [1.29, 1.82) is 0 Å². The number of likely N-dealkylation sites (tertiary alicyclic amines) is 1. The van der Waals surface area contributed by atoms with E-state index in [4.69, 9.17) is 14.2 Å². The summed E-state index contributed by atoms with van der Waals surface area (Å²) in [5, 5.41) is 0.480. The molecule has 1 fully saturated rings. The van der Waals surface area contributed by atoms with E-state index in [0.717, 1.165) is 5.56 Å². The molecule has 1 aliphatic heterocycles. The highest BCUT2D eigenvalue weighted by Crippen LogP contribution is 2.33. The highest BCUT2D eigenvalue weighted by atomic mass is 16.5.